The predicted octanol–water partition coefficient (Wildman–Crippen LogP) is 1.03. The molecular weight excluding hydrogens is 306 g/mol. The minimum atomic E-state index is -3.44. The normalized spacial score (nSPS) is 29.4. The number of nitrogens with zero attached hydrogens (tertiary/aromatic N) is 1. The molecule has 6 nitrogen and oxygen atoms in total. The molecule has 0 fully saturated rings. The van der Waals surface area contributed by atoms with Gasteiger partial charge in [-0.15, -0.1) is 11.6 Å². The van der Waals surface area contributed by atoms with Gasteiger partial charge >= 0.3 is 5.97 Å². The molecule has 1 aliphatic heterocycles. The number of alkyl halides is 1. The van der Waals surface area contributed by atoms with Gasteiger partial charge in [0.1, 0.15) is 17.4 Å². The Kier molecular flexibility index (Phi) is 3.93. The quantitative estimate of drug-likeness (QED) is 0.573. The second-order valence-corrected chi connectivity index (χ2v) is 7.21. The summed E-state index contributed by atoms with van der Waals surface area (Å²) in [5.74, 6) is -1.41. The van der Waals surface area contributed by atoms with Gasteiger partial charge in [-0.3, -0.25) is 4.79 Å². The summed E-state index contributed by atoms with van der Waals surface area (Å²) in [7, 11) is -2.19. The van der Waals surface area contributed by atoms with Crippen LogP contribution >= 0.6 is 11.6 Å². The van der Waals surface area contributed by atoms with Crippen molar-refractivity contribution in [1.29, 1.82) is 0 Å². The smallest absolute Gasteiger partial charge is 0.315 e. The van der Waals surface area contributed by atoms with Crippen LogP contribution in [0.4, 0.5) is 0 Å². The second-order valence-electron chi connectivity index (χ2n) is 4.57. The van der Waals surface area contributed by atoms with Gasteiger partial charge in [-0.2, -0.15) is 0 Å². The van der Waals surface area contributed by atoms with Crippen LogP contribution in [-0.4, -0.2) is 44.9 Å². The van der Waals surface area contributed by atoms with Crippen molar-refractivity contribution in [2.75, 3.05) is 20.0 Å². The number of rotatable bonds is 3. The van der Waals surface area contributed by atoms with Crippen molar-refractivity contribution >= 4 is 33.1 Å². The Labute approximate surface area is 122 Å². The fraction of sp³-hybridized carbons (Fsp3) is 0.500. The van der Waals surface area contributed by atoms with Crippen molar-refractivity contribution in [1.82, 2.24) is 0 Å². The maximum atomic E-state index is 11.9. The van der Waals surface area contributed by atoms with Gasteiger partial charge in [0.15, 0.2) is 9.84 Å². The number of halogens is 1. The molecule has 8 heteroatoms. The van der Waals surface area contributed by atoms with E-state index in [0.29, 0.717) is 18.7 Å². The average molecular weight is 320 g/mol. The number of carbonyl (C=O) groups is 1. The number of hydrogen-bond donors (Lipinski definition) is 0. The molecule has 2 aliphatic rings. The number of sulfone groups is 1. The largest absolute Gasteiger partial charge is 0.468 e. The van der Waals surface area contributed by atoms with Crippen molar-refractivity contribution < 1.29 is 22.8 Å². The molecule has 0 N–H and O–H groups in total. The molecule has 0 spiro atoms. The lowest BCUT2D eigenvalue weighted by molar-refractivity contribution is -0.143. The zero-order valence-corrected chi connectivity index (χ0v) is 12.6. The van der Waals surface area contributed by atoms with E-state index in [-0.39, 0.29) is 4.91 Å². The Hall–Kier alpha value is -1.34. The lowest BCUT2D eigenvalue weighted by atomic mass is 9.82. The third-order valence-electron chi connectivity index (χ3n) is 3.19. The SMILES string of the molecule is COC(=O)C1C=CC(S(C)(=O)=O)=CC1(Cl)C1=NOCC1. The summed E-state index contributed by atoms with van der Waals surface area (Å²) in [6.07, 6.45) is 5.62. The first-order chi connectivity index (χ1) is 9.29. The van der Waals surface area contributed by atoms with E-state index in [4.69, 9.17) is 21.2 Å². The van der Waals surface area contributed by atoms with E-state index < -0.39 is 26.6 Å². The van der Waals surface area contributed by atoms with E-state index >= 15 is 0 Å². The fourth-order valence-electron chi connectivity index (χ4n) is 2.12. The van der Waals surface area contributed by atoms with Gasteiger partial charge in [0.25, 0.3) is 0 Å². The van der Waals surface area contributed by atoms with Crippen molar-refractivity contribution in [3.05, 3.63) is 23.1 Å². The molecule has 0 aromatic heterocycles. The summed E-state index contributed by atoms with van der Waals surface area (Å²) < 4.78 is 28.1. The first-order valence-electron chi connectivity index (χ1n) is 5.86. The van der Waals surface area contributed by atoms with Crippen LogP contribution in [0, 0.1) is 5.92 Å². The molecule has 1 aliphatic carbocycles. The molecule has 0 aromatic carbocycles. The number of allylic oxidation sites excluding steroid dienone is 2. The maximum Gasteiger partial charge on any atom is 0.315 e. The molecule has 110 valence electrons. The number of ether oxygens (including phenoxy) is 1. The fourth-order valence-corrected chi connectivity index (χ4v) is 3.32. The number of esters is 1. The van der Waals surface area contributed by atoms with Crippen LogP contribution < -0.4 is 0 Å². The monoisotopic (exact) mass is 319 g/mol. The first kappa shape index (κ1) is 15.1. The standard InChI is InChI=1S/C12H14ClNO5S/c1-18-11(15)9-4-3-8(20(2,16)17)7-12(9,13)10-5-6-19-14-10/h3-4,7,9H,5-6H2,1-2H3. The number of oxime groups is 1. The lowest BCUT2D eigenvalue weighted by Crippen LogP contribution is -2.44. The second kappa shape index (κ2) is 5.21. The van der Waals surface area contributed by atoms with Crippen LogP contribution in [0.25, 0.3) is 0 Å². The minimum Gasteiger partial charge on any atom is -0.468 e. The van der Waals surface area contributed by atoms with Gasteiger partial charge in [0.2, 0.25) is 0 Å². The van der Waals surface area contributed by atoms with Crippen molar-refractivity contribution in [2.24, 2.45) is 11.1 Å². The molecule has 0 amide bonds. The van der Waals surface area contributed by atoms with Gasteiger partial charge in [0, 0.05) is 12.7 Å². The predicted molar refractivity (Wildman–Crippen MR) is 74.2 cm³/mol. The Morgan fingerprint density at radius 1 is 1.60 bits per heavy atom. The molecule has 0 saturated carbocycles. The van der Waals surface area contributed by atoms with E-state index in [0.717, 1.165) is 6.26 Å². The third-order valence-corrected chi connectivity index (χ3v) is 4.86. The van der Waals surface area contributed by atoms with Crippen LogP contribution in [0.2, 0.25) is 0 Å². The van der Waals surface area contributed by atoms with E-state index in [9.17, 15) is 13.2 Å². The van der Waals surface area contributed by atoms with Crippen LogP contribution in [0.3, 0.4) is 0 Å². The van der Waals surface area contributed by atoms with Crippen LogP contribution in [0.1, 0.15) is 6.42 Å². The highest BCUT2D eigenvalue weighted by atomic mass is 35.5. The average Bonchev–Trinajstić information content (AvgIpc) is 2.91. The molecule has 2 rings (SSSR count). The topological polar surface area (TPSA) is 82.0 Å². The molecule has 1 heterocycles. The van der Waals surface area contributed by atoms with Gasteiger partial charge in [-0.1, -0.05) is 11.2 Å². The Balaban J connectivity index is 2.52. The molecule has 0 saturated heterocycles. The van der Waals surface area contributed by atoms with Crippen molar-refractivity contribution in [3.63, 3.8) is 0 Å². The van der Waals surface area contributed by atoms with Gasteiger partial charge < -0.3 is 9.57 Å². The van der Waals surface area contributed by atoms with Gasteiger partial charge in [-0.25, -0.2) is 8.42 Å². The van der Waals surface area contributed by atoms with Crippen molar-refractivity contribution in [3.8, 4) is 0 Å². The Bertz CT molecular complexity index is 622. The van der Waals surface area contributed by atoms with Crippen LogP contribution in [-0.2, 0) is 24.2 Å². The van der Waals surface area contributed by atoms with Crippen molar-refractivity contribution in [2.45, 2.75) is 11.3 Å². The molecule has 0 bridgehead atoms. The molecule has 2 unspecified atom stereocenters. The van der Waals surface area contributed by atoms with E-state index in [1.807, 2.05) is 0 Å². The summed E-state index contributed by atoms with van der Waals surface area (Å²) >= 11 is 6.52. The van der Waals surface area contributed by atoms with E-state index in [1.165, 1.54) is 25.3 Å². The number of methoxy groups -OCH3 is 1. The summed E-state index contributed by atoms with van der Waals surface area (Å²) in [5.41, 5.74) is 0.417. The summed E-state index contributed by atoms with van der Waals surface area (Å²) in [6.45, 7) is 0.351. The maximum absolute atomic E-state index is 11.9. The highest BCUT2D eigenvalue weighted by molar-refractivity contribution is 7.94. The highest BCUT2D eigenvalue weighted by Gasteiger charge is 2.47. The minimum absolute atomic E-state index is 0.0438. The highest BCUT2D eigenvalue weighted by Crippen LogP contribution is 2.39. The van der Waals surface area contributed by atoms with Gasteiger partial charge in [0.05, 0.1) is 17.7 Å². The summed E-state index contributed by atoms with van der Waals surface area (Å²) in [6, 6.07) is 0. The zero-order chi connectivity index (χ0) is 15.0. The van der Waals surface area contributed by atoms with Crippen LogP contribution in [0.5, 0.6) is 0 Å². The van der Waals surface area contributed by atoms with E-state index in [1.54, 1.807) is 0 Å². The number of hydrogen-bond acceptors (Lipinski definition) is 6. The molecule has 2 atom stereocenters. The first-order valence-corrected chi connectivity index (χ1v) is 8.13. The summed E-state index contributed by atoms with van der Waals surface area (Å²) in [4.78, 5) is 15.4. The Morgan fingerprint density at radius 2 is 2.30 bits per heavy atom. The van der Waals surface area contributed by atoms with E-state index in [2.05, 4.69) is 5.16 Å². The molecule has 20 heavy (non-hydrogen) atoms. The van der Waals surface area contributed by atoms with Crippen LogP contribution in [0.15, 0.2) is 28.3 Å². The third kappa shape index (κ3) is 2.60. The zero-order valence-electron chi connectivity index (χ0n) is 11.0. The van der Waals surface area contributed by atoms with Gasteiger partial charge in [-0.05, 0) is 12.2 Å². The number of carbonyl (C=O) groups excluding carboxylic acids is 1. The molecular formula is C12H14ClNO5S. The molecule has 0 aromatic rings. The Morgan fingerprint density at radius 3 is 2.80 bits per heavy atom. The molecule has 0 radical (unpaired) electrons. The lowest BCUT2D eigenvalue weighted by Gasteiger charge is -2.31. The summed E-state index contributed by atoms with van der Waals surface area (Å²) in [5, 5.41) is 3.82.